The van der Waals surface area contributed by atoms with Gasteiger partial charge in [0, 0.05) is 25.2 Å². The minimum atomic E-state index is -0.383. The molecule has 1 aromatic carbocycles. The van der Waals surface area contributed by atoms with Gasteiger partial charge in [-0.05, 0) is 32.3 Å². The lowest BCUT2D eigenvalue weighted by Crippen LogP contribution is -2.61. The molecule has 2 bridgehead atoms. The Hall–Kier alpha value is -1.55. The van der Waals surface area contributed by atoms with Crippen molar-refractivity contribution in [3.63, 3.8) is 0 Å². The molecule has 3 fully saturated rings. The molecule has 0 saturated carbocycles. The zero-order chi connectivity index (χ0) is 14.6. The van der Waals surface area contributed by atoms with Crippen LogP contribution in [0.15, 0.2) is 30.3 Å². The van der Waals surface area contributed by atoms with E-state index in [0.717, 1.165) is 13.1 Å². The number of fused-ring (bicyclic) bond motifs is 4. The van der Waals surface area contributed by atoms with Crippen molar-refractivity contribution in [2.75, 3.05) is 6.54 Å². The first-order chi connectivity index (χ1) is 10.1. The van der Waals surface area contributed by atoms with Gasteiger partial charge in [-0.1, -0.05) is 30.3 Å². The van der Waals surface area contributed by atoms with Crippen LogP contribution in [0.25, 0.3) is 0 Å². The Kier molecular flexibility index (Phi) is 2.80. The highest BCUT2D eigenvalue weighted by Gasteiger charge is 2.58. The molecule has 4 rings (SSSR count). The molecule has 3 unspecified atom stereocenters. The quantitative estimate of drug-likeness (QED) is 0.838. The molecule has 0 aliphatic carbocycles. The van der Waals surface area contributed by atoms with Crippen LogP contribution in [0.5, 0.6) is 0 Å². The van der Waals surface area contributed by atoms with Crippen LogP contribution in [0.4, 0.5) is 4.79 Å². The van der Waals surface area contributed by atoms with E-state index < -0.39 is 0 Å². The van der Waals surface area contributed by atoms with E-state index in [-0.39, 0.29) is 17.7 Å². The van der Waals surface area contributed by atoms with Crippen LogP contribution in [0.3, 0.4) is 0 Å². The number of hydrogen-bond donors (Lipinski definition) is 0. The second kappa shape index (κ2) is 4.47. The third-order valence-electron chi connectivity index (χ3n) is 5.30. The SMILES string of the molecule is CC1(C)OC(=O)N2CC3CCC(C21)N3Cc1ccccc1. The molecule has 3 aliphatic rings. The van der Waals surface area contributed by atoms with Crippen molar-refractivity contribution in [2.45, 2.75) is 57.0 Å². The summed E-state index contributed by atoms with van der Waals surface area (Å²) >= 11 is 0. The number of nitrogens with zero attached hydrogens (tertiary/aromatic N) is 2. The van der Waals surface area contributed by atoms with Gasteiger partial charge < -0.3 is 4.74 Å². The number of hydrogen-bond acceptors (Lipinski definition) is 3. The molecule has 0 spiro atoms. The van der Waals surface area contributed by atoms with Crippen LogP contribution < -0.4 is 0 Å². The number of cyclic esters (lactones) is 1. The van der Waals surface area contributed by atoms with Gasteiger partial charge in [-0.3, -0.25) is 9.80 Å². The lowest BCUT2D eigenvalue weighted by molar-refractivity contribution is 0.00208. The molecular formula is C17H22N2O2. The number of carbonyl (C=O) groups excluding carboxylic acids is 1. The molecule has 3 aliphatic heterocycles. The zero-order valence-electron chi connectivity index (χ0n) is 12.7. The Labute approximate surface area is 125 Å². The molecule has 0 N–H and O–H groups in total. The molecule has 3 atom stereocenters. The molecule has 112 valence electrons. The number of amides is 1. The molecule has 1 amide bonds. The summed E-state index contributed by atoms with van der Waals surface area (Å²) < 4.78 is 5.61. The van der Waals surface area contributed by atoms with E-state index in [1.807, 2.05) is 4.90 Å². The molecule has 3 saturated heterocycles. The topological polar surface area (TPSA) is 32.8 Å². The summed E-state index contributed by atoms with van der Waals surface area (Å²) in [5.74, 6) is 0. The van der Waals surface area contributed by atoms with Crippen molar-refractivity contribution in [1.82, 2.24) is 9.80 Å². The van der Waals surface area contributed by atoms with E-state index in [0.29, 0.717) is 12.1 Å². The molecular weight excluding hydrogens is 264 g/mol. The van der Waals surface area contributed by atoms with Crippen molar-refractivity contribution in [3.05, 3.63) is 35.9 Å². The van der Waals surface area contributed by atoms with Crippen molar-refractivity contribution < 1.29 is 9.53 Å². The minimum absolute atomic E-state index is 0.124. The van der Waals surface area contributed by atoms with Crippen LogP contribution in [-0.2, 0) is 11.3 Å². The predicted molar refractivity (Wildman–Crippen MR) is 79.8 cm³/mol. The molecule has 4 nitrogen and oxygen atoms in total. The normalized spacial score (nSPS) is 33.9. The zero-order valence-corrected chi connectivity index (χ0v) is 12.7. The smallest absolute Gasteiger partial charge is 0.410 e. The summed E-state index contributed by atoms with van der Waals surface area (Å²) in [6, 6.07) is 11.7. The van der Waals surface area contributed by atoms with Crippen LogP contribution in [0.1, 0.15) is 32.3 Å². The van der Waals surface area contributed by atoms with Gasteiger partial charge >= 0.3 is 6.09 Å². The van der Waals surface area contributed by atoms with Gasteiger partial charge in [0.25, 0.3) is 0 Å². The maximum absolute atomic E-state index is 12.1. The Morgan fingerprint density at radius 3 is 2.76 bits per heavy atom. The summed E-state index contributed by atoms with van der Waals surface area (Å²) in [6.45, 7) is 5.89. The van der Waals surface area contributed by atoms with Crippen molar-refractivity contribution in [2.24, 2.45) is 0 Å². The second-order valence-corrected chi connectivity index (χ2v) is 7.03. The number of rotatable bonds is 2. The van der Waals surface area contributed by atoms with E-state index in [9.17, 15) is 4.79 Å². The Balaban J connectivity index is 1.62. The first kappa shape index (κ1) is 13.1. The second-order valence-electron chi connectivity index (χ2n) is 7.03. The monoisotopic (exact) mass is 286 g/mol. The van der Waals surface area contributed by atoms with Gasteiger partial charge in [-0.25, -0.2) is 4.79 Å². The summed E-state index contributed by atoms with van der Waals surface area (Å²) in [7, 11) is 0. The van der Waals surface area contributed by atoms with E-state index in [1.54, 1.807) is 0 Å². The lowest BCUT2D eigenvalue weighted by atomic mass is 9.89. The maximum Gasteiger partial charge on any atom is 0.410 e. The van der Waals surface area contributed by atoms with Crippen molar-refractivity contribution in [1.29, 1.82) is 0 Å². The first-order valence-electron chi connectivity index (χ1n) is 7.85. The van der Waals surface area contributed by atoms with Gasteiger partial charge in [-0.15, -0.1) is 0 Å². The van der Waals surface area contributed by atoms with E-state index >= 15 is 0 Å². The van der Waals surface area contributed by atoms with Gasteiger partial charge in [0.05, 0.1) is 6.04 Å². The standard InChI is InChI=1S/C17H22N2O2/c1-17(2)15-14-9-8-13(11-19(15)16(20)21-17)18(14)10-12-6-4-3-5-7-12/h3-7,13-15H,8-11H2,1-2H3. The summed E-state index contributed by atoms with van der Waals surface area (Å²) in [4.78, 5) is 16.7. The average molecular weight is 286 g/mol. The third-order valence-corrected chi connectivity index (χ3v) is 5.30. The molecule has 3 heterocycles. The van der Waals surface area contributed by atoms with Crippen molar-refractivity contribution in [3.8, 4) is 0 Å². The van der Waals surface area contributed by atoms with Crippen LogP contribution in [0, 0.1) is 0 Å². The number of ether oxygens (including phenoxy) is 1. The van der Waals surface area contributed by atoms with E-state index in [1.165, 1.54) is 18.4 Å². The van der Waals surface area contributed by atoms with Gasteiger partial charge in [-0.2, -0.15) is 0 Å². The van der Waals surface area contributed by atoms with Gasteiger partial charge in [0.2, 0.25) is 0 Å². The Bertz CT molecular complexity index is 557. The van der Waals surface area contributed by atoms with Crippen LogP contribution in [-0.4, -0.2) is 46.2 Å². The molecule has 21 heavy (non-hydrogen) atoms. The summed E-state index contributed by atoms with van der Waals surface area (Å²) in [5.41, 5.74) is 0.970. The maximum atomic E-state index is 12.1. The average Bonchev–Trinajstić information content (AvgIpc) is 2.83. The third kappa shape index (κ3) is 1.96. The minimum Gasteiger partial charge on any atom is -0.441 e. The number of carbonyl (C=O) groups is 1. The summed E-state index contributed by atoms with van der Waals surface area (Å²) in [5, 5.41) is 0. The largest absolute Gasteiger partial charge is 0.441 e. The fourth-order valence-corrected chi connectivity index (χ4v) is 4.46. The number of piperazine rings is 1. The molecule has 0 aromatic heterocycles. The van der Waals surface area contributed by atoms with E-state index in [4.69, 9.17) is 4.74 Å². The van der Waals surface area contributed by atoms with E-state index in [2.05, 4.69) is 49.1 Å². The van der Waals surface area contributed by atoms with Crippen LogP contribution in [0.2, 0.25) is 0 Å². The van der Waals surface area contributed by atoms with Crippen LogP contribution >= 0.6 is 0 Å². The highest BCUT2D eigenvalue weighted by Crippen LogP contribution is 2.43. The van der Waals surface area contributed by atoms with Gasteiger partial charge in [0.15, 0.2) is 0 Å². The molecule has 1 aromatic rings. The molecule has 0 radical (unpaired) electrons. The first-order valence-corrected chi connectivity index (χ1v) is 7.85. The highest BCUT2D eigenvalue weighted by molar-refractivity contribution is 5.72. The molecule has 4 heteroatoms. The van der Waals surface area contributed by atoms with Crippen molar-refractivity contribution >= 4 is 6.09 Å². The Morgan fingerprint density at radius 1 is 1.24 bits per heavy atom. The highest BCUT2D eigenvalue weighted by atomic mass is 16.6. The summed E-state index contributed by atoms with van der Waals surface area (Å²) in [6.07, 6.45) is 2.23. The lowest BCUT2D eigenvalue weighted by Gasteiger charge is -2.45. The predicted octanol–water partition coefficient (Wildman–Crippen LogP) is 2.63. The fraction of sp³-hybridized carbons (Fsp3) is 0.588. The fourth-order valence-electron chi connectivity index (χ4n) is 4.46. The Morgan fingerprint density at radius 2 is 2.00 bits per heavy atom. The van der Waals surface area contributed by atoms with Gasteiger partial charge in [0.1, 0.15) is 5.60 Å². The number of benzene rings is 1.